The molecule has 0 radical (unpaired) electrons. The second-order valence-electron chi connectivity index (χ2n) is 5.08. The Morgan fingerprint density at radius 2 is 1.88 bits per heavy atom. The van der Waals surface area contributed by atoms with Gasteiger partial charge in [-0.05, 0) is 46.8 Å². The SMILES string of the molecule is CS(=O)(=O)c1ccc(-n2nnnc2CS(=O)c2ccc(Cl)cn2)cc1. The fourth-order valence-corrected chi connectivity index (χ4v) is 3.71. The maximum atomic E-state index is 12.4. The van der Waals surface area contributed by atoms with Crippen LogP contribution in [0.4, 0.5) is 0 Å². The fourth-order valence-electron chi connectivity index (χ4n) is 2.02. The third-order valence-corrected chi connectivity index (χ3v) is 5.82. The Morgan fingerprint density at radius 3 is 2.48 bits per heavy atom. The molecule has 0 saturated heterocycles. The van der Waals surface area contributed by atoms with Gasteiger partial charge in [-0.15, -0.1) is 5.10 Å². The second kappa shape index (κ2) is 6.98. The van der Waals surface area contributed by atoms with Gasteiger partial charge in [-0.25, -0.2) is 13.4 Å². The van der Waals surface area contributed by atoms with E-state index in [2.05, 4.69) is 20.5 Å². The highest BCUT2D eigenvalue weighted by molar-refractivity contribution is 7.90. The van der Waals surface area contributed by atoms with Crippen LogP contribution in [-0.4, -0.2) is 44.1 Å². The van der Waals surface area contributed by atoms with Crippen molar-refractivity contribution in [3.05, 3.63) is 53.4 Å². The van der Waals surface area contributed by atoms with Gasteiger partial charge in [-0.3, -0.25) is 4.21 Å². The molecule has 11 heteroatoms. The number of hydrogen-bond acceptors (Lipinski definition) is 7. The van der Waals surface area contributed by atoms with Crippen molar-refractivity contribution in [3.63, 3.8) is 0 Å². The highest BCUT2D eigenvalue weighted by atomic mass is 35.5. The molecule has 2 heterocycles. The van der Waals surface area contributed by atoms with E-state index in [1.807, 2.05) is 0 Å². The molecular formula is C14H12ClN5O3S2. The van der Waals surface area contributed by atoms with E-state index in [0.717, 1.165) is 6.26 Å². The van der Waals surface area contributed by atoms with Crippen molar-refractivity contribution in [2.75, 3.05) is 6.26 Å². The van der Waals surface area contributed by atoms with Gasteiger partial charge in [0.05, 0.1) is 32.2 Å². The second-order valence-corrected chi connectivity index (χ2v) is 8.93. The lowest BCUT2D eigenvalue weighted by Gasteiger charge is -2.05. The van der Waals surface area contributed by atoms with Crippen LogP contribution >= 0.6 is 11.6 Å². The Hall–Kier alpha value is -2.17. The molecule has 0 saturated carbocycles. The molecule has 1 unspecified atom stereocenters. The Kier molecular flexibility index (Phi) is 4.93. The minimum absolute atomic E-state index is 0.0511. The van der Waals surface area contributed by atoms with E-state index < -0.39 is 20.6 Å². The van der Waals surface area contributed by atoms with Crippen molar-refractivity contribution in [3.8, 4) is 5.69 Å². The average molecular weight is 398 g/mol. The maximum Gasteiger partial charge on any atom is 0.175 e. The summed E-state index contributed by atoms with van der Waals surface area (Å²) in [5, 5.41) is 12.2. The highest BCUT2D eigenvalue weighted by Gasteiger charge is 2.15. The van der Waals surface area contributed by atoms with E-state index in [9.17, 15) is 12.6 Å². The van der Waals surface area contributed by atoms with Crippen LogP contribution in [-0.2, 0) is 26.4 Å². The minimum Gasteiger partial charge on any atom is -0.252 e. The normalized spacial score (nSPS) is 12.9. The van der Waals surface area contributed by atoms with Crippen LogP contribution in [0.3, 0.4) is 0 Å². The van der Waals surface area contributed by atoms with Gasteiger partial charge in [0.25, 0.3) is 0 Å². The molecule has 0 N–H and O–H groups in total. The average Bonchev–Trinajstić information content (AvgIpc) is 3.03. The number of halogens is 1. The van der Waals surface area contributed by atoms with Crippen LogP contribution in [0.15, 0.2) is 52.5 Å². The van der Waals surface area contributed by atoms with Gasteiger partial charge in [0.2, 0.25) is 0 Å². The molecular weight excluding hydrogens is 386 g/mol. The van der Waals surface area contributed by atoms with E-state index in [-0.39, 0.29) is 10.6 Å². The minimum atomic E-state index is -3.29. The lowest BCUT2D eigenvalue weighted by atomic mass is 10.3. The number of aromatic nitrogens is 5. The molecule has 0 amide bonds. The number of pyridine rings is 1. The van der Waals surface area contributed by atoms with Crippen LogP contribution < -0.4 is 0 Å². The molecule has 25 heavy (non-hydrogen) atoms. The number of nitrogens with zero attached hydrogens (tertiary/aromatic N) is 5. The maximum absolute atomic E-state index is 12.4. The van der Waals surface area contributed by atoms with Gasteiger partial charge in [0, 0.05) is 12.5 Å². The van der Waals surface area contributed by atoms with E-state index >= 15 is 0 Å². The highest BCUT2D eigenvalue weighted by Crippen LogP contribution is 2.16. The molecule has 0 spiro atoms. The molecule has 2 aromatic heterocycles. The first kappa shape index (κ1) is 17.6. The summed E-state index contributed by atoms with van der Waals surface area (Å²) in [6.45, 7) is 0. The molecule has 130 valence electrons. The summed E-state index contributed by atoms with van der Waals surface area (Å²) >= 11 is 5.77. The molecule has 0 aliphatic heterocycles. The third-order valence-electron chi connectivity index (χ3n) is 3.24. The van der Waals surface area contributed by atoms with Gasteiger partial charge in [-0.1, -0.05) is 11.6 Å². The third kappa shape index (κ3) is 4.09. The van der Waals surface area contributed by atoms with Crippen molar-refractivity contribution in [1.82, 2.24) is 25.2 Å². The molecule has 1 atom stereocenters. The molecule has 0 aliphatic rings. The van der Waals surface area contributed by atoms with Crippen LogP contribution in [0.2, 0.25) is 5.02 Å². The number of tetrazole rings is 1. The van der Waals surface area contributed by atoms with Gasteiger partial charge in [0.15, 0.2) is 15.7 Å². The number of sulfone groups is 1. The molecule has 3 rings (SSSR count). The first-order chi connectivity index (χ1) is 11.8. The largest absolute Gasteiger partial charge is 0.252 e. The first-order valence-electron chi connectivity index (χ1n) is 6.92. The summed E-state index contributed by atoms with van der Waals surface area (Å²) in [5.74, 6) is 0.414. The van der Waals surface area contributed by atoms with Gasteiger partial charge < -0.3 is 0 Å². The summed E-state index contributed by atoms with van der Waals surface area (Å²) in [6, 6.07) is 9.28. The molecule has 0 bridgehead atoms. The Bertz CT molecular complexity index is 1020. The molecule has 0 aliphatic carbocycles. The van der Waals surface area contributed by atoms with E-state index in [0.29, 0.717) is 21.6 Å². The van der Waals surface area contributed by atoms with Crippen molar-refractivity contribution < 1.29 is 12.6 Å². The van der Waals surface area contributed by atoms with E-state index in [1.165, 1.54) is 23.0 Å². The van der Waals surface area contributed by atoms with Crippen LogP contribution in [0.25, 0.3) is 5.69 Å². The Morgan fingerprint density at radius 1 is 1.16 bits per heavy atom. The first-order valence-corrected chi connectivity index (χ1v) is 10.5. The van der Waals surface area contributed by atoms with Gasteiger partial charge in [-0.2, -0.15) is 4.68 Å². The predicted molar refractivity (Wildman–Crippen MR) is 91.6 cm³/mol. The quantitative estimate of drug-likeness (QED) is 0.640. The van der Waals surface area contributed by atoms with Crippen LogP contribution in [0.5, 0.6) is 0 Å². The number of hydrogen-bond donors (Lipinski definition) is 0. The van der Waals surface area contributed by atoms with Crippen LogP contribution in [0, 0.1) is 0 Å². The summed E-state index contributed by atoms with van der Waals surface area (Å²) in [5.41, 5.74) is 0.563. The molecule has 1 aromatic carbocycles. The Balaban J connectivity index is 1.85. The molecule has 0 fully saturated rings. The summed E-state index contributed by atoms with van der Waals surface area (Å²) in [7, 11) is -4.74. The van der Waals surface area contributed by atoms with E-state index in [4.69, 9.17) is 11.6 Å². The van der Waals surface area contributed by atoms with Crippen molar-refractivity contribution in [2.45, 2.75) is 15.7 Å². The zero-order chi connectivity index (χ0) is 18.0. The van der Waals surface area contributed by atoms with Crippen molar-refractivity contribution >= 4 is 32.2 Å². The summed E-state index contributed by atoms with van der Waals surface area (Å²) in [4.78, 5) is 4.22. The topological polar surface area (TPSA) is 108 Å². The molecule has 8 nitrogen and oxygen atoms in total. The molecule has 3 aromatic rings. The van der Waals surface area contributed by atoms with E-state index in [1.54, 1.807) is 24.3 Å². The van der Waals surface area contributed by atoms with Crippen LogP contribution in [0.1, 0.15) is 5.82 Å². The van der Waals surface area contributed by atoms with Gasteiger partial charge >= 0.3 is 0 Å². The van der Waals surface area contributed by atoms with Crippen molar-refractivity contribution in [2.24, 2.45) is 0 Å². The Labute approximate surface area is 151 Å². The summed E-state index contributed by atoms with van der Waals surface area (Å²) in [6.07, 6.45) is 2.55. The predicted octanol–water partition coefficient (Wildman–Crippen LogP) is 1.42. The lowest BCUT2D eigenvalue weighted by Crippen LogP contribution is -2.08. The summed E-state index contributed by atoms with van der Waals surface area (Å²) < 4.78 is 36.9. The monoisotopic (exact) mass is 397 g/mol. The standard InChI is InChI=1S/C14H12ClN5O3S2/c1-25(22,23)12-5-3-11(4-6-12)20-13(17-18-19-20)9-24(21)14-7-2-10(15)8-16-14/h2-8H,9H2,1H3. The van der Waals surface area contributed by atoms with Crippen molar-refractivity contribution in [1.29, 1.82) is 0 Å². The lowest BCUT2D eigenvalue weighted by molar-refractivity contribution is 0.602. The van der Waals surface area contributed by atoms with Gasteiger partial charge in [0.1, 0.15) is 5.03 Å². The number of rotatable bonds is 5. The number of benzene rings is 1. The zero-order valence-corrected chi connectivity index (χ0v) is 15.3. The smallest absolute Gasteiger partial charge is 0.175 e. The zero-order valence-electron chi connectivity index (χ0n) is 12.9. The fraction of sp³-hybridized carbons (Fsp3) is 0.143.